The predicted molar refractivity (Wildman–Crippen MR) is 73.0 cm³/mol. The minimum absolute atomic E-state index is 0.0378. The molecular weight excluding hydrogens is 286 g/mol. The molecule has 0 amide bonds. The van der Waals surface area contributed by atoms with Crippen LogP contribution in [-0.4, -0.2) is 25.5 Å². The summed E-state index contributed by atoms with van der Waals surface area (Å²) in [6, 6.07) is 2.64. The van der Waals surface area contributed by atoms with Crippen LogP contribution in [0.4, 0.5) is 0 Å². The Balaban J connectivity index is 2.10. The molecule has 7 heteroatoms. The molecule has 0 radical (unpaired) electrons. The van der Waals surface area contributed by atoms with Crippen molar-refractivity contribution in [3.8, 4) is 0 Å². The van der Waals surface area contributed by atoms with Crippen molar-refractivity contribution in [1.29, 1.82) is 0 Å². The van der Waals surface area contributed by atoms with Gasteiger partial charge >= 0.3 is 5.97 Å². The fourth-order valence-corrected chi connectivity index (χ4v) is 4.84. The van der Waals surface area contributed by atoms with Crippen LogP contribution < -0.4 is 4.72 Å². The zero-order valence-corrected chi connectivity index (χ0v) is 12.3. The van der Waals surface area contributed by atoms with Crippen molar-refractivity contribution in [2.24, 2.45) is 5.92 Å². The zero-order chi connectivity index (χ0) is 14.0. The lowest BCUT2D eigenvalue weighted by molar-refractivity contribution is 0.0702. The molecule has 19 heavy (non-hydrogen) atoms. The van der Waals surface area contributed by atoms with E-state index in [4.69, 9.17) is 5.11 Å². The highest BCUT2D eigenvalue weighted by molar-refractivity contribution is 7.91. The maximum Gasteiger partial charge on any atom is 0.345 e. The van der Waals surface area contributed by atoms with E-state index in [-0.39, 0.29) is 15.1 Å². The van der Waals surface area contributed by atoms with E-state index in [1.54, 1.807) is 0 Å². The lowest BCUT2D eigenvalue weighted by Crippen LogP contribution is -2.37. The Morgan fingerprint density at radius 3 is 2.74 bits per heavy atom. The fourth-order valence-electron chi connectivity index (χ4n) is 2.40. The number of carbonyl (C=O) groups is 1. The molecule has 5 nitrogen and oxygen atoms in total. The summed E-state index contributed by atoms with van der Waals surface area (Å²) in [6.07, 6.45) is 3.86. The Hall–Kier alpha value is -0.920. The number of sulfonamides is 1. The first-order valence-electron chi connectivity index (χ1n) is 6.24. The summed E-state index contributed by atoms with van der Waals surface area (Å²) in [5.41, 5.74) is 0. The molecule has 1 fully saturated rings. The summed E-state index contributed by atoms with van der Waals surface area (Å²) >= 11 is 0.787. The van der Waals surface area contributed by atoms with E-state index in [9.17, 15) is 13.2 Å². The zero-order valence-electron chi connectivity index (χ0n) is 10.6. The summed E-state index contributed by atoms with van der Waals surface area (Å²) in [7, 11) is -3.59. The SMILES string of the molecule is CC1CCCC(NS(=O)(=O)c2ccc(C(=O)O)s2)C1. The minimum atomic E-state index is -3.59. The van der Waals surface area contributed by atoms with E-state index in [1.165, 1.54) is 12.1 Å². The summed E-state index contributed by atoms with van der Waals surface area (Å²) in [5, 5.41) is 8.82. The third kappa shape index (κ3) is 3.55. The van der Waals surface area contributed by atoms with Gasteiger partial charge in [0.05, 0.1) is 0 Å². The van der Waals surface area contributed by atoms with E-state index in [2.05, 4.69) is 11.6 Å². The van der Waals surface area contributed by atoms with Gasteiger partial charge < -0.3 is 5.11 Å². The third-order valence-electron chi connectivity index (χ3n) is 3.32. The van der Waals surface area contributed by atoms with E-state index in [1.807, 2.05) is 0 Å². The molecule has 0 aliphatic heterocycles. The van der Waals surface area contributed by atoms with Gasteiger partial charge in [-0.3, -0.25) is 0 Å². The number of hydrogen-bond acceptors (Lipinski definition) is 4. The molecule has 106 valence electrons. The molecule has 2 rings (SSSR count). The number of rotatable bonds is 4. The Morgan fingerprint density at radius 2 is 2.16 bits per heavy atom. The molecule has 0 spiro atoms. The third-order valence-corrected chi connectivity index (χ3v) is 6.40. The van der Waals surface area contributed by atoms with Gasteiger partial charge in [0, 0.05) is 6.04 Å². The quantitative estimate of drug-likeness (QED) is 0.894. The van der Waals surface area contributed by atoms with Gasteiger partial charge in [-0.15, -0.1) is 11.3 Å². The number of nitrogens with one attached hydrogen (secondary N) is 1. The Labute approximate surface area is 116 Å². The highest BCUT2D eigenvalue weighted by atomic mass is 32.2. The van der Waals surface area contributed by atoms with E-state index in [0.29, 0.717) is 5.92 Å². The summed E-state index contributed by atoms with van der Waals surface area (Å²) in [6.45, 7) is 2.12. The minimum Gasteiger partial charge on any atom is -0.477 e. The highest BCUT2D eigenvalue weighted by Gasteiger charge is 2.26. The lowest BCUT2D eigenvalue weighted by atomic mass is 9.88. The lowest BCUT2D eigenvalue weighted by Gasteiger charge is -2.26. The summed E-state index contributed by atoms with van der Waals surface area (Å²) < 4.78 is 27.1. The second-order valence-corrected chi connectivity index (χ2v) is 8.04. The van der Waals surface area contributed by atoms with Crippen LogP contribution >= 0.6 is 11.3 Å². The van der Waals surface area contributed by atoms with Crippen molar-refractivity contribution < 1.29 is 18.3 Å². The van der Waals surface area contributed by atoms with Crippen LogP contribution in [0.1, 0.15) is 42.3 Å². The normalized spacial score (nSPS) is 24.3. The average molecular weight is 303 g/mol. The Morgan fingerprint density at radius 1 is 1.42 bits per heavy atom. The second-order valence-electron chi connectivity index (χ2n) is 5.01. The van der Waals surface area contributed by atoms with Gasteiger partial charge in [-0.05, 0) is 30.9 Å². The van der Waals surface area contributed by atoms with Crippen molar-refractivity contribution in [3.63, 3.8) is 0 Å². The van der Waals surface area contributed by atoms with Gasteiger partial charge in [-0.25, -0.2) is 17.9 Å². The fraction of sp³-hybridized carbons (Fsp3) is 0.583. The summed E-state index contributed by atoms with van der Waals surface area (Å²) in [5.74, 6) is -0.572. The first kappa shape index (κ1) is 14.5. The number of carboxylic acid groups (broad SMARTS) is 1. The van der Waals surface area contributed by atoms with Crippen LogP contribution in [0, 0.1) is 5.92 Å². The van der Waals surface area contributed by atoms with Crippen LogP contribution in [0.15, 0.2) is 16.3 Å². The highest BCUT2D eigenvalue weighted by Crippen LogP contribution is 2.26. The van der Waals surface area contributed by atoms with Crippen LogP contribution in [0.25, 0.3) is 0 Å². The van der Waals surface area contributed by atoms with E-state index >= 15 is 0 Å². The smallest absolute Gasteiger partial charge is 0.345 e. The van der Waals surface area contributed by atoms with Gasteiger partial charge in [0.2, 0.25) is 10.0 Å². The molecule has 1 aromatic heterocycles. The summed E-state index contributed by atoms with van der Waals surface area (Å²) in [4.78, 5) is 10.8. The standard InChI is InChI=1S/C12H17NO4S2/c1-8-3-2-4-9(7-8)13-19(16,17)11-6-5-10(18-11)12(14)15/h5-6,8-9,13H,2-4,7H2,1H3,(H,14,15). The molecule has 2 N–H and O–H groups in total. The molecule has 1 heterocycles. The largest absolute Gasteiger partial charge is 0.477 e. The van der Waals surface area contributed by atoms with Crippen LogP contribution in [-0.2, 0) is 10.0 Å². The number of thiophene rings is 1. The van der Waals surface area contributed by atoms with Gasteiger partial charge in [-0.2, -0.15) is 0 Å². The Bertz CT molecular complexity index is 564. The van der Waals surface area contributed by atoms with Crippen molar-refractivity contribution in [2.45, 2.75) is 42.9 Å². The molecular formula is C12H17NO4S2. The second kappa shape index (κ2) is 5.60. The van der Waals surface area contributed by atoms with Gasteiger partial charge in [-0.1, -0.05) is 19.8 Å². The average Bonchev–Trinajstić information content (AvgIpc) is 2.78. The van der Waals surface area contributed by atoms with Crippen molar-refractivity contribution in [1.82, 2.24) is 4.72 Å². The van der Waals surface area contributed by atoms with Crippen molar-refractivity contribution >= 4 is 27.3 Å². The number of aromatic carboxylic acids is 1. The first-order valence-corrected chi connectivity index (χ1v) is 8.54. The van der Waals surface area contributed by atoms with Crippen LogP contribution in [0.2, 0.25) is 0 Å². The molecule has 1 aliphatic rings. The van der Waals surface area contributed by atoms with Crippen LogP contribution in [0.5, 0.6) is 0 Å². The topological polar surface area (TPSA) is 83.5 Å². The monoisotopic (exact) mass is 303 g/mol. The van der Waals surface area contributed by atoms with Crippen molar-refractivity contribution in [3.05, 3.63) is 17.0 Å². The van der Waals surface area contributed by atoms with Crippen molar-refractivity contribution in [2.75, 3.05) is 0 Å². The van der Waals surface area contributed by atoms with Gasteiger partial charge in [0.1, 0.15) is 9.09 Å². The molecule has 1 saturated carbocycles. The molecule has 1 aliphatic carbocycles. The first-order chi connectivity index (χ1) is 8.88. The van der Waals surface area contributed by atoms with Gasteiger partial charge in [0.25, 0.3) is 0 Å². The van der Waals surface area contributed by atoms with Crippen LogP contribution in [0.3, 0.4) is 0 Å². The Kier molecular flexibility index (Phi) is 4.27. The predicted octanol–water partition coefficient (Wildman–Crippen LogP) is 2.30. The van der Waals surface area contributed by atoms with E-state index in [0.717, 1.165) is 37.0 Å². The number of hydrogen-bond donors (Lipinski definition) is 2. The molecule has 0 saturated heterocycles. The maximum absolute atomic E-state index is 12.1. The molecule has 1 aromatic rings. The molecule has 2 unspecified atom stereocenters. The van der Waals surface area contributed by atoms with Gasteiger partial charge in [0.15, 0.2) is 0 Å². The molecule has 2 atom stereocenters. The molecule has 0 aromatic carbocycles. The molecule has 0 bridgehead atoms. The number of carboxylic acids is 1. The maximum atomic E-state index is 12.1. The van der Waals surface area contributed by atoms with E-state index < -0.39 is 16.0 Å².